The third kappa shape index (κ3) is 3.95. The van der Waals surface area contributed by atoms with Crippen molar-refractivity contribution in [3.05, 3.63) is 48.2 Å². The number of carbonyl (C=O) groups is 1. The number of alkyl halides is 3. The lowest BCUT2D eigenvalue weighted by molar-refractivity contribution is -0.139. The molecule has 1 atom stereocenters. The number of rotatable bonds is 3. The van der Waals surface area contributed by atoms with Crippen LogP contribution < -0.4 is 5.73 Å². The van der Waals surface area contributed by atoms with E-state index in [1.807, 2.05) is 0 Å². The number of aromatic nitrogens is 4. The first-order valence-electron chi connectivity index (χ1n) is 10.7. The first-order chi connectivity index (χ1) is 15.7. The van der Waals surface area contributed by atoms with Crippen LogP contribution in [-0.2, 0) is 13.6 Å². The van der Waals surface area contributed by atoms with Crippen molar-refractivity contribution in [2.24, 2.45) is 12.8 Å². The van der Waals surface area contributed by atoms with Gasteiger partial charge in [-0.2, -0.15) is 13.2 Å². The van der Waals surface area contributed by atoms with Gasteiger partial charge in [0.1, 0.15) is 12.2 Å². The van der Waals surface area contributed by atoms with Crippen molar-refractivity contribution in [2.75, 3.05) is 13.1 Å². The summed E-state index contributed by atoms with van der Waals surface area (Å²) in [6.45, 7) is -0.0114. The van der Waals surface area contributed by atoms with E-state index in [9.17, 15) is 18.0 Å². The third-order valence-corrected chi connectivity index (χ3v) is 6.09. The largest absolute Gasteiger partial charge is 0.406 e. The van der Waals surface area contributed by atoms with Gasteiger partial charge in [-0.15, -0.1) is 0 Å². The zero-order valence-electron chi connectivity index (χ0n) is 18.0. The van der Waals surface area contributed by atoms with Crippen LogP contribution in [0.3, 0.4) is 0 Å². The van der Waals surface area contributed by atoms with Crippen LogP contribution in [0.25, 0.3) is 33.6 Å². The van der Waals surface area contributed by atoms with Gasteiger partial charge in [0.2, 0.25) is 0 Å². The molecule has 172 valence electrons. The number of benzene rings is 1. The second-order valence-electron chi connectivity index (χ2n) is 8.50. The fourth-order valence-corrected chi connectivity index (χ4v) is 4.55. The summed E-state index contributed by atoms with van der Waals surface area (Å²) < 4.78 is 43.0. The number of piperidine rings is 1. The maximum Gasteiger partial charge on any atom is 0.406 e. The van der Waals surface area contributed by atoms with E-state index < -0.39 is 12.7 Å². The molecule has 33 heavy (non-hydrogen) atoms. The Labute approximate surface area is 187 Å². The monoisotopic (exact) mass is 456 g/mol. The van der Waals surface area contributed by atoms with E-state index in [2.05, 4.69) is 9.97 Å². The molecule has 10 heteroatoms. The summed E-state index contributed by atoms with van der Waals surface area (Å²) in [5.41, 5.74) is 8.31. The minimum atomic E-state index is -4.42. The zero-order valence-corrected chi connectivity index (χ0v) is 18.0. The minimum Gasteiger partial charge on any atom is -0.337 e. The first kappa shape index (κ1) is 21.4. The number of hydrogen-bond donors (Lipinski definition) is 1. The molecule has 4 aromatic rings. The van der Waals surface area contributed by atoms with Crippen LogP contribution in [0.1, 0.15) is 23.2 Å². The number of amides is 1. The Kier molecular flexibility index (Phi) is 5.12. The molecule has 0 bridgehead atoms. The van der Waals surface area contributed by atoms with Crippen LogP contribution in [0, 0.1) is 0 Å². The number of halogens is 3. The lowest BCUT2D eigenvalue weighted by Crippen LogP contribution is -2.45. The highest BCUT2D eigenvalue weighted by Crippen LogP contribution is 2.32. The molecule has 1 aliphatic rings. The number of fused-ring (bicyclic) bond motifs is 2. The number of carbonyl (C=O) groups excluding carboxylic acids is 1. The van der Waals surface area contributed by atoms with Gasteiger partial charge in [0, 0.05) is 43.3 Å². The molecular formula is C23H23F3N6O. The second-order valence-corrected chi connectivity index (χ2v) is 8.50. The molecule has 3 aromatic heterocycles. The molecule has 7 nitrogen and oxygen atoms in total. The van der Waals surface area contributed by atoms with E-state index in [0.717, 1.165) is 17.4 Å². The van der Waals surface area contributed by atoms with Crippen LogP contribution in [0.5, 0.6) is 0 Å². The Morgan fingerprint density at radius 1 is 1.24 bits per heavy atom. The Hall–Kier alpha value is -3.40. The molecule has 2 N–H and O–H groups in total. The van der Waals surface area contributed by atoms with Gasteiger partial charge in [0.25, 0.3) is 5.91 Å². The van der Waals surface area contributed by atoms with Gasteiger partial charge in [-0.1, -0.05) is 0 Å². The molecule has 1 amide bonds. The topological polar surface area (TPSA) is 82.0 Å². The summed E-state index contributed by atoms with van der Waals surface area (Å²) in [7, 11) is 1.75. The smallest absolute Gasteiger partial charge is 0.337 e. The molecule has 5 rings (SSSR count). The standard InChI is InChI=1S/C23H23F3N6O/c1-30-18-7-6-15(22(33)31-9-3-5-16(27)12-31)10-17(18)29-21(30)19-11-14-4-2-8-28-20(14)32(19)13-23(24,25)26/h2,4,6-8,10-11,16H,3,5,9,12-13,27H2,1H3/t16-/m1/s1. The number of aryl methyl sites for hydroxylation is 1. The summed E-state index contributed by atoms with van der Waals surface area (Å²) in [6.07, 6.45) is -1.19. The van der Waals surface area contributed by atoms with Gasteiger partial charge >= 0.3 is 6.18 Å². The van der Waals surface area contributed by atoms with Crippen molar-refractivity contribution in [2.45, 2.75) is 31.6 Å². The van der Waals surface area contributed by atoms with E-state index in [1.54, 1.807) is 52.9 Å². The number of pyridine rings is 1. The van der Waals surface area contributed by atoms with Crippen molar-refractivity contribution >= 4 is 28.0 Å². The summed E-state index contributed by atoms with van der Waals surface area (Å²) in [5, 5.41) is 0.598. The zero-order chi connectivity index (χ0) is 23.3. The molecule has 0 unspecified atom stereocenters. The molecule has 0 saturated carbocycles. The van der Waals surface area contributed by atoms with Gasteiger partial charge < -0.3 is 19.8 Å². The number of hydrogen-bond acceptors (Lipinski definition) is 4. The molecular weight excluding hydrogens is 433 g/mol. The van der Waals surface area contributed by atoms with Crippen LogP contribution in [0.4, 0.5) is 13.2 Å². The molecule has 4 heterocycles. The highest BCUT2D eigenvalue weighted by Gasteiger charge is 2.31. The highest BCUT2D eigenvalue weighted by molar-refractivity contribution is 5.98. The number of imidazole rings is 1. The molecule has 0 spiro atoms. The van der Waals surface area contributed by atoms with E-state index >= 15 is 0 Å². The van der Waals surface area contributed by atoms with E-state index in [-0.39, 0.29) is 17.6 Å². The lowest BCUT2D eigenvalue weighted by Gasteiger charge is -2.30. The van der Waals surface area contributed by atoms with Crippen LogP contribution in [0.2, 0.25) is 0 Å². The lowest BCUT2D eigenvalue weighted by atomic mass is 10.1. The van der Waals surface area contributed by atoms with Crippen molar-refractivity contribution in [3.8, 4) is 11.5 Å². The first-order valence-corrected chi connectivity index (χ1v) is 10.7. The van der Waals surface area contributed by atoms with Crippen LogP contribution in [0.15, 0.2) is 42.6 Å². The Morgan fingerprint density at radius 2 is 2.06 bits per heavy atom. The summed E-state index contributed by atoms with van der Waals surface area (Å²) in [4.78, 5) is 23.5. The fourth-order valence-electron chi connectivity index (χ4n) is 4.55. The highest BCUT2D eigenvalue weighted by atomic mass is 19.4. The van der Waals surface area contributed by atoms with Crippen molar-refractivity contribution in [1.29, 1.82) is 0 Å². The quantitative estimate of drug-likeness (QED) is 0.510. The predicted molar refractivity (Wildman–Crippen MR) is 119 cm³/mol. The van der Waals surface area contributed by atoms with E-state index in [1.165, 1.54) is 6.20 Å². The second kappa shape index (κ2) is 7.87. The summed E-state index contributed by atoms with van der Waals surface area (Å²) in [5.74, 6) is 0.256. The number of likely N-dealkylation sites (tertiary alicyclic amines) is 1. The molecule has 1 aromatic carbocycles. The molecule has 1 fully saturated rings. The average molecular weight is 456 g/mol. The molecule has 1 saturated heterocycles. The number of nitrogens with zero attached hydrogens (tertiary/aromatic N) is 5. The van der Waals surface area contributed by atoms with E-state index in [4.69, 9.17) is 5.73 Å². The van der Waals surface area contributed by atoms with Crippen molar-refractivity contribution in [1.82, 2.24) is 24.0 Å². The van der Waals surface area contributed by atoms with Gasteiger partial charge in [0.05, 0.1) is 16.7 Å². The van der Waals surface area contributed by atoms with Gasteiger partial charge in [0.15, 0.2) is 5.82 Å². The fraction of sp³-hybridized carbons (Fsp3) is 0.348. The van der Waals surface area contributed by atoms with Gasteiger partial charge in [-0.3, -0.25) is 4.79 Å². The van der Waals surface area contributed by atoms with Crippen molar-refractivity contribution < 1.29 is 18.0 Å². The maximum absolute atomic E-state index is 13.4. The normalized spacial score (nSPS) is 17.2. The summed E-state index contributed by atoms with van der Waals surface area (Å²) in [6, 6.07) is 10.2. The van der Waals surface area contributed by atoms with Crippen molar-refractivity contribution in [3.63, 3.8) is 0 Å². The Balaban J connectivity index is 1.59. The Morgan fingerprint density at radius 3 is 2.82 bits per heavy atom. The average Bonchev–Trinajstić information content (AvgIpc) is 3.29. The van der Waals surface area contributed by atoms with Crippen LogP contribution >= 0.6 is 0 Å². The molecule has 0 radical (unpaired) electrons. The number of nitrogens with two attached hydrogens (primary N) is 1. The van der Waals surface area contributed by atoms with Gasteiger partial charge in [-0.25, -0.2) is 9.97 Å². The van der Waals surface area contributed by atoms with E-state index in [0.29, 0.717) is 46.6 Å². The summed E-state index contributed by atoms with van der Waals surface area (Å²) >= 11 is 0. The predicted octanol–water partition coefficient (Wildman–Crippen LogP) is 3.72. The Bertz CT molecular complexity index is 1360. The minimum absolute atomic E-state index is 0.0305. The maximum atomic E-state index is 13.4. The SMILES string of the molecule is Cn1c(-c2cc3cccnc3n2CC(F)(F)F)nc2cc(C(=O)N3CCC[C@@H](N)C3)ccc21. The van der Waals surface area contributed by atoms with Crippen LogP contribution in [-0.4, -0.2) is 55.2 Å². The molecule has 0 aliphatic carbocycles. The van der Waals surface area contributed by atoms with Gasteiger partial charge in [-0.05, 0) is 49.2 Å². The third-order valence-electron chi connectivity index (χ3n) is 6.09. The molecule has 1 aliphatic heterocycles.